The van der Waals surface area contributed by atoms with E-state index >= 15 is 0 Å². The Morgan fingerprint density at radius 1 is 1.29 bits per heavy atom. The average Bonchev–Trinajstić information content (AvgIpc) is 2.97. The van der Waals surface area contributed by atoms with E-state index in [2.05, 4.69) is 15.3 Å². The number of nitrogens with zero attached hydrogens (tertiary/aromatic N) is 5. The molecule has 0 amide bonds. The zero-order valence-electron chi connectivity index (χ0n) is 10.5. The van der Waals surface area contributed by atoms with Crippen molar-refractivity contribution in [1.29, 1.82) is 5.26 Å². The van der Waals surface area contributed by atoms with Gasteiger partial charge in [-0.2, -0.15) is 5.26 Å². The zero-order valence-corrected chi connectivity index (χ0v) is 11.3. The Balaban J connectivity index is 2.08. The second-order valence-corrected chi connectivity index (χ2v) is 4.61. The lowest BCUT2D eigenvalue weighted by Crippen LogP contribution is -1.98. The van der Waals surface area contributed by atoms with Crippen LogP contribution in [0.25, 0.3) is 16.9 Å². The minimum Gasteiger partial charge on any atom is -0.262 e. The highest BCUT2D eigenvalue weighted by Crippen LogP contribution is 2.22. The first kappa shape index (κ1) is 13.2. The molecule has 0 saturated heterocycles. The van der Waals surface area contributed by atoms with Crippen molar-refractivity contribution in [3.05, 3.63) is 59.3 Å². The molecule has 0 N–H and O–H groups in total. The largest absolute Gasteiger partial charge is 0.262 e. The molecule has 102 valence electrons. The van der Waals surface area contributed by atoms with E-state index in [1.807, 2.05) is 6.07 Å². The van der Waals surface area contributed by atoms with Gasteiger partial charge in [-0.1, -0.05) is 16.8 Å². The highest BCUT2D eigenvalue weighted by Gasteiger charge is 2.12. The van der Waals surface area contributed by atoms with Gasteiger partial charge in [-0.15, -0.1) is 5.10 Å². The maximum absolute atomic E-state index is 13.7. The number of benzene rings is 1. The van der Waals surface area contributed by atoms with Gasteiger partial charge in [0.05, 0.1) is 23.6 Å². The summed E-state index contributed by atoms with van der Waals surface area (Å²) in [6, 6.07) is 8.38. The number of pyridine rings is 1. The maximum atomic E-state index is 13.7. The van der Waals surface area contributed by atoms with E-state index in [1.54, 1.807) is 18.3 Å². The topological polar surface area (TPSA) is 67.4 Å². The molecule has 5 nitrogen and oxygen atoms in total. The van der Waals surface area contributed by atoms with Gasteiger partial charge in [-0.3, -0.25) is 4.98 Å². The third kappa shape index (κ3) is 2.47. The Bertz CT molecular complexity index is 853. The van der Waals surface area contributed by atoms with Gasteiger partial charge in [-0.05, 0) is 24.3 Å². The first-order valence-corrected chi connectivity index (χ1v) is 6.29. The Morgan fingerprint density at radius 2 is 2.14 bits per heavy atom. The molecule has 0 aliphatic carbocycles. The van der Waals surface area contributed by atoms with Crippen LogP contribution in [0.4, 0.5) is 4.39 Å². The highest BCUT2D eigenvalue weighted by atomic mass is 35.5. The molecule has 3 rings (SSSR count). The molecule has 21 heavy (non-hydrogen) atoms. The molecule has 2 aromatic heterocycles. The summed E-state index contributed by atoms with van der Waals surface area (Å²) < 4.78 is 15.1. The van der Waals surface area contributed by atoms with E-state index in [9.17, 15) is 4.39 Å². The molecule has 0 saturated carbocycles. The standard InChI is InChI=1S/C14H7ClFN5/c15-10-1-2-14(9(5-10)6-17)21-8-13(19-20-21)11-3-4-18-7-12(11)16/h1-5,7-8H. The van der Waals surface area contributed by atoms with Crippen molar-refractivity contribution in [1.82, 2.24) is 20.0 Å². The Morgan fingerprint density at radius 3 is 2.90 bits per heavy atom. The van der Waals surface area contributed by atoms with Crippen LogP contribution >= 0.6 is 11.6 Å². The number of aromatic nitrogens is 4. The third-order valence-electron chi connectivity index (χ3n) is 2.87. The van der Waals surface area contributed by atoms with Crippen LogP contribution in [0.3, 0.4) is 0 Å². The molecule has 2 heterocycles. The van der Waals surface area contributed by atoms with Crippen LogP contribution in [0.5, 0.6) is 0 Å². The third-order valence-corrected chi connectivity index (χ3v) is 3.10. The normalized spacial score (nSPS) is 10.3. The van der Waals surface area contributed by atoms with E-state index in [0.29, 0.717) is 27.5 Å². The van der Waals surface area contributed by atoms with Gasteiger partial charge in [-0.25, -0.2) is 9.07 Å². The Labute approximate surface area is 124 Å². The van der Waals surface area contributed by atoms with E-state index in [0.717, 1.165) is 6.20 Å². The molecule has 0 radical (unpaired) electrons. The van der Waals surface area contributed by atoms with Gasteiger partial charge < -0.3 is 0 Å². The van der Waals surface area contributed by atoms with Crippen LogP contribution in [0.2, 0.25) is 5.02 Å². The van der Waals surface area contributed by atoms with E-state index in [-0.39, 0.29) is 0 Å². The van der Waals surface area contributed by atoms with Crippen molar-refractivity contribution in [3.8, 4) is 23.0 Å². The number of nitriles is 1. The van der Waals surface area contributed by atoms with Gasteiger partial charge >= 0.3 is 0 Å². The molecular weight excluding hydrogens is 293 g/mol. The molecular formula is C14H7ClFN5. The monoisotopic (exact) mass is 299 g/mol. The van der Waals surface area contributed by atoms with Crippen LogP contribution in [-0.4, -0.2) is 20.0 Å². The minimum atomic E-state index is -0.485. The Hall–Kier alpha value is -2.78. The molecule has 0 aliphatic rings. The van der Waals surface area contributed by atoms with Crippen molar-refractivity contribution in [2.75, 3.05) is 0 Å². The quantitative estimate of drug-likeness (QED) is 0.729. The van der Waals surface area contributed by atoms with Gasteiger partial charge in [0.25, 0.3) is 0 Å². The van der Waals surface area contributed by atoms with Gasteiger partial charge in [0.15, 0.2) is 5.82 Å². The average molecular weight is 300 g/mol. The van der Waals surface area contributed by atoms with E-state index in [1.165, 1.54) is 23.0 Å². The minimum absolute atomic E-state index is 0.295. The van der Waals surface area contributed by atoms with Gasteiger partial charge in [0.1, 0.15) is 11.8 Å². The summed E-state index contributed by atoms with van der Waals surface area (Å²) in [6.07, 6.45) is 4.13. The van der Waals surface area contributed by atoms with Crippen molar-refractivity contribution >= 4 is 11.6 Å². The molecule has 0 spiro atoms. The lowest BCUT2D eigenvalue weighted by Gasteiger charge is -2.02. The highest BCUT2D eigenvalue weighted by molar-refractivity contribution is 6.30. The lowest BCUT2D eigenvalue weighted by atomic mass is 10.2. The predicted octanol–water partition coefficient (Wildman–Crippen LogP) is 2.99. The number of rotatable bonds is 2. The fraction of sp³-hybridized carbons (Fsp3) is 0. The molecule has 0 aliphatic heterocycles. The van der Waals surface area contributed by atoms with Crippen LogP contribution in [0.1, 0.15) is 5.56 Å². The van der Waals surface area contributed by atoms with E-state index in [4.69, 9.17) is 16.9 Å². The predicted molar refractivity (Wildman–Crippen MR) is 74.3 cm³/mol. The molecule has 0 unspecified atom stereocenters. The second-order valence-electron chi connectivity index (χ2n) is 4.18. The summed E-state index contributed by atoms with van der Waals surface area (Å²) in [5.74, 6) is -0.485. The fourth-order valence-corrected chi connectivity index (χ4v) is 2.06. The zero-order chi connectivity index (χ0) is 14.8. The molecule has 0 atom stereocenters. The molecule has 7 heteroatoms. The fourth-order valence-electron chi connectivity index (χ4n) is 1.89. The smallest absolute Gasteiger partial charge is 0.150 e. The SMILES string of the molecule is N#Cc1cc(Cl)ccc1-n1cc(-c2ccncc2F)nn1. The summed E-state index contributed by atoms with van der Waals surface area (Å²) in [7, 11) is 0. The molecule has 0 bridgehead atoms. The molecule has 1 aromatic carbocycles. The summed E-state index contributed by atoms with van der Waals surface area (Å²) in [5, 5.41) is 17.4. The van der Waals surface area contributed by atoms with Crippen LogP contribution in [0.15, 0.2) is 42.9 Å². The molecule has 0 fully saturated rings. The Kier molecular flexibility index (Phi) is 3.34. The van der Waals surface area contributed by atoms with Crippen molar-refractivity contribution in [2.24, 2.45) is 0 Å². The number of hydrogen-bond donors (Lipinski definition) is 0. The summed E-state index contributed by atoms with van der Waals surface area (Å²) in [6.45, 7) is 0. The van der Waals surface area contributed by atoms with E-state index < -0.39 is 5.82 Å². The summed E-state index contributed by atoms with van der Waals surface area (Å²) in [5.41, 5.74) is 1.53. The van der Waals surface area contributed by atoms with Crippen molar-refractivity contribution in [2.45, 2.75) is 0 Å². The van der Waals surface area contributed by atoms with Gasteiger partial charge in [0, 0.05) is 16.8 Å². The summed E-state index contributed by atoms with van der Waals surface area (Å²) in [4.78, 5) is 3.68. The maximum Gasteiger partial charge on any atom is 0.150 e. The second kappa shape index (κ2) is 5.31. The van der Waals surface area contributed by atoms with Crippen molar-refractivity contribution in [3.63, 3.8) is 0 Å². The number of halogens is 2. The lowest BCUT2D eigenvalue weighted by molar-refractivity contribution is 0.624. The summed E-state index contributed by atoms with van der Waals surface area (Å²) >= 11 is 5.85. The number of hydrogen-bond acceptors (Lipinski definition) is 4. The first-order valence-electron chi connectivity index (χ1n) is 5.91. The van der Waals surface area contributed by atoms with Crippen LogP contribution in [0, 0.1) is 17.1 Å². The first-order chi connectivity index (χ1) is 10.2. The van der Waals surface area contributed by atoms with Crippen LogP contribution in [-0.2, 0) is 0 Å². The molecule has 3 aromatic rings. The van der Waals surface area contributed by atoms with Gasteiger partial charge in [0.2, 0.25) is 0 Å². The van der Waals surface area contributed by atoms with Crippen molar-refractivity contribution < 1.29 is 4.39 Å². The van der Waals surface area contributed by atoms with Crippen LogP contribution < -0.4 is 0 Å².